The van der Waals surface area contributed by atoms with Gasteiger partial charge in [0.15, 0.2) is 0 Å². The van der Waals surface area contributed by atoms with Crippen LogP contribution in [0.4, 0.5) is 17.5 Å². The highest BCUT2D eigenvalue weighted by Crippen LogP contribution is 2.31. The normalized spacial score (nSPS) is 12.2. The quantitative estimate of drug-likeness (QED) is 0.802. The Hall–Kier alpha value is -2.74. The van der Waals surface area contributed by atoms with Gasteiger partial charge in [-0.15, -0.1) is 0 Å². The number of benzene rings is 1. The van der Waals surface area contributed by atoms with E-state index < -0.39 is 0 Å². The predicted molar refractivity (Wildman–Crippen MR) is 69.9 cm³/mol. The van der Waals surface area contributed by atoms with Crippen molar-refractivity contribution < 1.29 is 14.9 Å². The van der Waals surface area contributed by atoms with E-state index in [4.69, 9.17) is 15.2 Å². The minimum Gasteiger partial charge on any atom is -0.496 e. The van der Waals surface area contributed by atoms with Crippen LogP contribution in [0.2, 0.25) is 0 Å². The molecular formula is C12H13N6O2+. The monoisotopic (exact) mass is 273 g/mol. The van der Waals surface area contributed by atoms with Gasteiger partial charge in [-0.1, -0.05) is 23.3 Å². The van der Waals surface area contributed by atoms with Crippen LogP contribution in [0.3, 0.4) is 0 Å². The van der Waals surface area contributed by atoms with E-state index in [2.05, 4.69) is 20.3 Å². The fourth-order valence-corrected chi connectivity index (χ4v) is 1.86. The lowest BCUT2D eigenvalue weighted by molar-refractivity contribution is -0.579. The van der Waals surface area contributed by atoms with Crippen molar-refractivity contribution in [1.29, 1.82) is 0 Å². The first-order chi connectivity index (χ1) is 9.78. The van der Waals surface area contributed by atoms with Gasteiger partial charge in [0.2, 0.25) is 5.95 Å². The molecule has 1 aliphatic heterocycles. The molecule has 1 aliphatic rings. The number of nitrogens with zero attached hydrogens (tertiary/aromatic N) is 4. The molecule has 8 heteroatoms. The molecule has 0 unspecified atom stereocenters. The largest absolute Gasteiger partial charge is 0.496 e. The first-order valence-electron chi connectivity index (χ1n) is 5.94. The van der Waals surface area contributed by atoms with E-state index in [0.717, 1.165) is 11.3 Å². The van der Waals surface area contributed by atoms with E-state index in [9.17, 15) is 0 Å². The minimum absolute atomic E-state index is 0.105. The first kappa shape index (κ1) is 12.3. The number of quaternary nitrogens is 1. The number of nitrogen functional groups attached to an aromatic ring is 1. The van der Waals surface area contributed by atoms with Crippen molar-refractivity contribution in [2.45, 2.75) is 6.61 Å². The third kappa shape index (κ3) is 2.24. The van der Waals surface area contributed by atoms with E-state index >= 15 is 0 Å². The second kappa shape index (κ2) is 5.10. The van der Waals surface area contributed by atoms with Crippen molar-refractivity contribution in [3.8, 4) is 11.6 Å². The molecule has 3 rings (SSSR count). The molecule has 1 aromatic carbocycles. The summed E-state index contributed by atoms with van der Waals surface area (Å²) in [5, 5.41) is 7.62. The molecule has 20 heavy (non-hydrogen) atoms. The van der Waals surface area contributed by atoms with Crippen molar-refractivity contribution in [3.05, 3.63) is 29.8 Å². The number of methoxy groups -OCH3 is 1. The Morgan fingerprint density at radius 2 is 2.10 bits per heavy atom. The molecule has 0 aliphatic carbocycles. The third-order valence-corrected chi connectivity index (χ3v) is 2.80. The first-order valence-corrected chi connectivity index (χ1v) is 5.94. The minimum atomic E-state index is 0.105. The average Bonchev–Trinajstić information content (AvgIpc) is 2.93. The Kier molecular flexibility index (Phi) is 3.13. The summed E-state index contributed by atoms with van der Waals surface area (Å²) in [5.41, 5.74) is 8.71. The zero-order valence-corrected chi connectivity index (χ0v) is 10.8. The van der Waals surface area contributed by atoms with Crippen molar-refractivity contribution in [2.75, 3.05) is 12.8 Å². The molecule has 0 fully saturated rings. The van der Waals surface area contributed by atoms with Gasteiger partial charge in [0, 0.05) is 10.8 Å². The van der Waals surface area contributed by atoms with Gasteiger partial charge in [-0.05, 0) is 6.07 Å². The topological polar surface area (TPSA) is 112 Å². The number of nitrogens with two attached hydrogens (primary N) is 2. The molecule has 1 aromatic heterocycles. The number of hydrogen-bond donors (Lipinski definition) is 2. The standard InChI is InChI=1S/C12H12N6O2/c1-19-8-5-3-2-4-7(8)6-20-11-9-10(17-18-16-9)14-12(13)15-11/h2-5H,6H2,1H3,(H3,13,14,15,16,17,18)/p+1. The Morgan fingerprint density at radius 1 is 1.25 bits per heavy atom. The van der Waals surface area contributed by atoms with E-state index in [1.54, 1.807) is 12.5 Å². The molecular weight excluding hydrogens is 260 g/mol. The fraction of sp³-hybridized carbons (Fsp3) is 0.167. The number of aromatic nitrogens is 2. The van der Waals surface area contributed by atoms with Crippen LogP contribution in [0.15, 0.2) is 34.6 Å². The van der Waals surface area contributed by atoms with Gasteiger partial charge >= 0.3 is 0 Å². The second-order valence-corrected chi connectivity index (χ2v) is 4.07. The fourth-order valence-electron chi connectivity index (χ4n) is 1.86. The van der Waals surface area contributed by atoms with Gasteiger partial charge in [0.05, 0.1) is 7.11 Å². The average molecular weight is 273 g/mol. The molecule has 0 amide bonds. The number of rotatable bonds is 4. The third-order valence-electron chi connectivity index (χ3n) is 2.80. The van der Waals surface area contributed by atoms with Crippen molar-refractivity contribution in [1.82, 2.24) is 9.97 Å². The molecule has 102 valence electrons. The lowest BCUT2D eigenvalue weighted by Gasteiger charge is -2.09. The highest BCUT2D eigenvalue weighted by Gasteiger charge is 2.24. The maximum atomic E-state index is 5.70. The van der Waals surface area contributed by atoms with E-state index in [1.807, 2.05) is 24.3 Å². The molecule has 0 saturated carbocycles. The molecule has 0 radical (unpaired) electrons. The summed E-state index contributed by atoms with van der Waals surface area (Å²) in [6, 6.07) is 7.60. The summed E-state index contributed by atoms with van der Waals surface area (Å²) >= 11 is 0. The SMILES string of the molecule is COc1ccccc1COc1nc(N)nc2c1[NH2+]N=N2. The van der Waals surface area contributed by atoms with Crippen molar-refractivity contribution in [2.24, 2.45) is 10.3 Å². The summed E-state index contributed by atoms with van der Waals surface area (Å²) in [6.07, 6.45) is 0. The predicted octanol–water partition coefficient (Wildman–Crippen LogP) is 0.854. The molecule has 2 heterocycles. The van der Waals surface area contributed by atoms with Crippen LogP contribution in [0.5, 0.6) is 11.6 Å². The molecule has 4 N–H and O–H groups in total. The lowest BCUT2D eigenvalue weighted by Crippen LogP contribution is -2.69. The van der Waals surface area contributed by atoms with E-state index in [0.29, 0.717) is 24.0 Å². The van der Waals surface area contributed by atoms with Crippen LogP contribution in [0.25, 0.3) is 0 Å². The van der Waals surface area contributed by atoms with Crippen LogP contribution in [-0.4, -0.2) is 17.1 Å². The molecule has 0 saturated heterocycles. The highest BCUT2D eigenvalue weighted by atomic mass is 16.5. The smallest absolute Gasteiger partial charge is 0.287 e. The molecule has 8 nitrogen and oxygen atoms in total. The van der Waals surface area contributed by atoms with Gasteiger partial charge in [-0.25, -0.2) is 0 Å². The molecule has 0 atom stereocenters. The van der Waals surface area contributed by atoms with Crippen LogP contribution in [0, 0.1) is 0 Å². The van der Waals surface area contributed by atoms with Crippen LogP contribution >= 0.6 is 0 Å². The van der Waals surface area contributed by atoms with Gasteiger partial charge in [0.25, 0.3) is 17.4 Å². The number of hydrogen-bond acceptors (Lipinski definition) is 7. The van der Waals surface area contributed by atoms with Crippen molar-refractivity contribution in [3.63, 3.8) is 0 Å². The van der Waals surface area contributed by atoms with Crippen LogP contribution in [-0.2, 0) is 6.61 Å². The summed E-state index contributed by atoms with van der Waals surface area (Å²) in [6.45, 7) is 0.306. The van der Waals surface area contributed by atoms with E-state index in [-0.39, 0.29) is 5.95 Å². The van der Waals surface area contributed by atoms with Crippen molar-refractivity contribution >= 4 is 17.5 Å². The molecule has 2 aromatic rings. The van der Waals surface area contributed by atoms with Crippen LogP contribution in [0.1, 0.15) is 5.56 Å². The Balaban J connectivity index is 1.83. The maximum absolute atomic E-state index is 5.70. The maximum Gasteiger partial charge on any atom is 0.287 e. The number of para-hydroxylation sites is 1. The Labute approximate surface area is 114 Å². The van der Waals surface area contributed by atoms with Gasteiger partial charge in [-0.2, -0.15) is 15.4 Å². The molecule has 0 bridgehead atoms. The number of ether oxygens (including phenoxy) is 2. The number of fused-ring (bicyclic) bond motifs is 1. The van der Waals surface area contributed by atoms with Gasteiger partial charge < -0.3 is 15.2 Å². The zero-order chi connectivity index (χ0) is 13.9. The van der Waals surface area contributed by atoms with Crippen LogP contribution < -0.4 is 20.6 Å². The Morgan fingerprint density at radius 3 is 2.95 bits per heavy atom. The van der Waals surface area contributed by atoms with E-state index in [1.165, 1.54) is 0 Å². The lowest BCUT2D eigenvalue weighted by atomic mass is 10.2. The summed E-state index contributed by atoms with van der Waals surface area (Å²) in [7, 11) is 1.62. The highest BCUT2D eigenvalue weighted by molar-refractivity contribution is 5.60. The summed E-state index contributed by atoms with van der Waals surface area (Å²) in [4.78, 5) is 8.04. The Bertz CT molecular complexity index is 673. The zero-order valence-electron chi connectivity index (χ0n) is 10.8. The number of anilines is 1. The molecule has 0 spiro atoms. The summed E-state index contributed by atoms with van der Waals surface area (Å²) in [5.74, 6) is 1.65. The second-order valence-electron chi connectivity index (χ2n) is 4.07. The van der Waals surface area contributed by atoms with Gasteiger partial charge in [0.1, 0.15) is 12.4 Å². The van der Waals surface area contributed by atoms with Gasteiger partial charge in [-0.3, -0.25) is 0 Å². The summed E-state index contributed by atoms with van der Waals surface area (Å²) < 4.78 is 11.0.